The van der Waals surface area contributed by atoms with Crippen LogP contribution in [0.2, 0.25) is 0 Å². The standard InChI is InChI=1S/C30H32F4N6O2/c1-17-15-39(2)10-9-23(17)36-24-7-4-8-25-22(24)13-26(40(25)16-30(32,33)34)28-37-27(42-38-28)14-35-29(41)21-12-20(21)18-5-3-6-19(31)11-18/h3-8,11,13,17,20-21,23,36H,9-10,12,14-16H2,1-2H3,(H,35,41)/t17-,20-,21+,23+/m0/s1. The number of carbonyl (C=O) groups is 1. The molecule has 8 nitrogen and oxygen atoms in total. The highest BCUT2D eigenvalue weighted by Crippen LogP contribution is 2.47. The summed E-state index contributed by atoms with van der Waals surface area (Å²) in [5, 5.41) is 10.9. The molecule has 2 fully saturated rings. The van der Waals surface area contributed by atoms with Gasteiger partial charge in [-0.1, -0.05) is 30.3 Å². The fraction of sp³-hybridized carbons (Fsp3) is 0.433. The predicted octanol–water partition coefficient (Wildman–Crippen LogP) is 5.56. The number of benzene rings is 2. The molecule has 1 saturated heterocycles. The molecule has 0 spiro atoms. The number of nitrogens with one attached hydrogen (secondary N) is 2. The summed E-state index contributed by atoms with van der Waals surface area (Å²) in [7, 11) is 2.08. The molecule has 42 heavy (non-hydrogen) atoms. The van der Waals surface area contributed by atoms with E-state index in [1.807, 2.05) is 6.07 Å². The molecule has 4 aromatic rings. The van der Waals surface area contributed by atoms with E-state index in [9.17, 15) is 22.4 Å². The second kappa shape index (κ2) is 11.0. The van der Waals surface area contributed by atoms with Crippen LogP contribution in [0.3, 0.4) is 0 Å². The molecule has 2 aliphatic rings. The van der Waals surface area contributed by atoms with Gasteiger partial charge in [0, 0.05) is 29.6 Å². The molecule has 6 rings (SSSR count). The van der Waals surface area contributed by atoms with Crippen molar-refractivity contribution in [1.29, 1.82) is 0 Å². The summed E-state index contributed by atoms with van der Waals surface area (Å²) in [6.45, 7) is 2.75. The zero-order valence-electron chi connectivity index (χ0n) is 23.3. The van der Waals surface area contributed by atoms with Crippen LogP contribution in [0.4, 0.5) is 23.2 Å². The summed E-state index contributed by atoms with van der Waals surface area (Å²) in [5.41, 5.74) is 2.10. The largest absolute Gasteiger partial charge is 0.406 e. The van der Waals surface area contributed by atoms with Crippen LogP contribution in [-0.4, -0.2) is 57.9 Å². The normalized spacial score (nSPS) is 22.8. The van der Waals surface area contributed by atoms with Crippen LogP contribution in [0.1, 0.15) is 37.1 Å². The Morgan fingerprint density at radius 1 is 1.17 bits per heavy atom. The number of hydrogen-bond acceptors (Lipinski definition) is 6. The van der Waals surface area contributed by atoms with Crippen LogP contribution in [0.5, 0.6) is 0 Å². The number of hydrogen-bond donors (Lipinski definition) is 2. The molecule has 2 N–H and O–H groups in total. The van der Waals surface area contributed by atoms with Gasteiger partial charge in [0.2, 0.25) is 17.6 Å². The number of anilines is 1. The van der Waals surface area contributed by atoms with Gasteiger partial charge < -0.3 is 24.6 Å². The lowest BCUT2D eigenvalue weighted by molar-refractivity contribution is -0.139. The van der Waals surface area contributed by atoms with Crippen molar-refractivity contribution < 1.29 is 26.9 Å². The summed E-state index contributed by atoms with van der Waals surface area (Å²) in [5.74, 6) is -0.483. The van der Waals surface area contributed by atoms with E-state index in [0.29, 0.717) is 23.2 Å². The van der Waals surface area contributed by atoms with Gasteiger partial charge in [0.05, 0.1) is 17.8 Å². The molecule has 2 aromatic carbocycles. The number of aromatic nitrogens is 3. The van der Waals surface area contributed by atoms with Gasteiger partial charge in [-0.2, -0.15) is 18.2 Å². The minimum atomic E-state index is -4.48. The van der Waals surface area contributed by atoms with Crippen LogP contribution in [0.25, 0.3) is 22.4 Å². The Bertz CT molecular complexity index is 1600. The van der Waals surface area contributed by atoms with Crippen molar-refractivity contribution in [2.45, 2.75) is 51.0 Å². The first-order valence-corrected chi connectivity index (χ1v) is 14.1. The van der Waals surface area contributed by atoms with Crippen LogP contribution < -0.4 is 10.6 Å². The van der Waals surface area contributed by atoms with Crippen molar-refractivity contribution in [1.82, 2.24) is 24.9 Å². The van der Waals surface area contributed by atoms with Crippen molar-refractivity contribution in [3.05, 3.63) is 65.8 Å². The highest BCUT2D eigenvalue weighted by atomic mass is 19.4. The van der Waals surface area contributed by atoms with Gasteiger partial charge in [-0.15, -0.1) is 0 Å². The lowest BCUT2D eigenvalue weighted by atomic mass is 9.94. The van der Waals surface area contributed by atoms with Crippen molar-refractivity contribution in [3.8, 4) is 11.5 Å². The third-order valence-corrected chi connectivity index (χ3v) is 8.25. The zero-order chi connectivity index (χ0) is 29.6. The van der Waals surface area contributed by atoms with Crippen LogP contribution in [-0.2, 0) is 17.9 Å². The summed E-state index contributed by atoms with van der Waals surface area (Å²) in [6.07, 6.45) is -2.95. The van der Waals surface area contributed by atoms with Gasteiger partial charge in [-0.3, -0.25) is 4.79 Å². The number of nitrogens with zero attached hydrogens (tertiary/aromatic N) is 4. The number of rotatable bonds is 8. The van der Waals surface area contributed by atoms with E-state index in [0.717, 1.165) is 35.3 Å². The number of piperidine rings is 1. The third kappa shape index (κ3) is 5.99. The average molecular weight is 585 g/mol. The van der Waals surface area contributed by atoms with Gasteiger partial charge in [-0.25, -0.2) is 4.39 Å². The van der Waals surface area contributed by atoms with E-state index in [4.69, 9.17) is 4.52 Å². The summed E-state index contributed by atoms with van der Waals surface area (Å²) >= 11 is 0. The maximum Gasteiger partial charge on any atom is 0.406 e. The van der Waals surface area contributed by atoms with Gasteiger partial charge in [0.25, 0.3) is 0 Å². The minimum Gasteiger partial charge on any atom is -0.381 e. The molecule has 1 aliphatic heterocycles. The van der Waals surface area contributed by atoms with E-state index in [1.165, 1.54) is 12.1 Å². The van der Waals surface area contributed by atoms with E-state index in [1.54, 1.807) is 30.3 Å². The molecule has 0 bridgehead atoms. The minimum absolute atomic E-state index is 0.00219. The highest BCUT2D eigenvalue weighted by molar-refractivity contribution is 5.96. The molecular weight excluding hydrogens is 552 g/mol. The van der Waals surface area contributed by atoms with Gasteiger partial charge in [-0.05, 0) is 74.2 Å². The maximum absolute atomic E-state index is 13.7. The fourth-order valence-electron chi connectivity index (χ4n) is 6.03. The van der Waals surface area contributed by atoms with Crippen molar-refractivity contribution in [3.63, 3.8) is 0 Å². The summed E-state index contributed by atoms with van der Waals surface area (Å²) in [4.78, 5) is 19.2. The molecule has 1 amide bonds. The summed E-state index contributed by atoms with van der Waals surface area (Å²) in [6, 6.07) is 13.3. The maximum atomic E-state index is 13.7. The number of carbonyl (C=O) groups excluding carboxylic acids is 1. The molecular formula is C30H32F4N6O2. The monoisotopic (exact) mass is 584 g/mol. The average Bonchev–Trinajstić information content (AvgIpc) is 3.47. The van der Waals surface area contributed by atoms with E-state index >= 15 is 0 Å². The van der Waals surface area contributed by atoms with Crippen LogP contribution in [0.15, 0.2) is 53.1 Å². The first-order valence-electron chi connectivity index (χ1n) is 14.1. The van der Waals surface area contributed by atoms with Crippen LogP contribution in [0, 0.1) is 17.7 Å². The highest BCUT2D eigenvalue weighted by Gasteiger charge is 2.44. The SMILES string of the molecule is C[C@H]1CN(C)CC[C@H]1Nc1cccc2c1cc(-c1noc(CNC(=O)[C@@H]3C[C@H]3c3cccc(F)c3)n1)n2CC(F)(F)F. The van der Waals surface area contributed by atoms with Crippen molar-refractivity contribution in [2.24, 2.45) is 11.8 Å². The Morgan fingerprint density at radius 2 is 1.98 bits per heavy atom. The van der Waals surface area contributed by atoms with Gasteiger partial charge >= 0.3 is 6.18 Å². The fourth-order valence-corrected chi connectivity index (χ4v) is 6.03. The van der Waals surface area contributed by atoms with Gasteiger partial charge in [0.15, 0.2) is 0 Å². The Kier molecular flexibility index (Phi) is 7.42. The molecule has 3 heterocycles. The Balaban J connectivity index is 1.21. The van der Waals surface area contributed by atoms with Crippen molar-refractivity contribution in [2.75, 3.05) is 25.5 Å². The lowest BCUT2D eigenvalue weighted by Gasteiger charge is -2.36. The number of amides is 1. The molecule has 1 saturated carbocycles. The third-order valence-electron chi connectivity index (χ3n) is 8.25. The first-order chi connectivity index (χ1) is 20.1. The predicted molar refractivity (Wildman–Crippen MR) is 149 cm³/mol. The number of fused-ring (bicyclic) bond motifs is 1. The number of likely N-dealkylation sites (tertiary alicyclic amines) is 1. The first kappa shape index (κ1) is 28.2. The Hall–Kier alpha value is -3.93. The van der Waals surface area contributed by atoms with E-state index in [-0.39, 0.29) is 53.6 Å². The zero-order valence-corrected chi connectivity index (χ0v) is 23.3. The second-order valence-electron chi connectivity index (χ2n) is 11.5. The van der Waals surface area contributed by atoms with Crippen LogP contribution >= 0.6 is 0 Å². The molecule has 4 atom stereocenters. The molecule has 1 aliphatic carbocycles. The Morgan fingerprint density at radius 3 is 2.74 bits per heavy atom. The smallest absolute Gasteiger partial charge is 0.381 e. The van der Waals surface area contributed by atoms with E-state index in [2.05, 4.69) is 39.6 Å². The molecule has 0 unspecified atom stereocenters. The number of halogens is 4. The van der Waals surface area contributed by atoms with E-state index < -0.39 is 12.7 Å². The van der Waals surface area contributed by atoms with Gasteiger partial charge in [0.1, 0.15) is 12.4 Å². The summed E-state index contributed by atoms with van der Waals surface area (Å²) < 4.78 is 61.1. The molecule has 12 heteroatoms. The quantitative estimate of drug-likeness (QED) is 0.264. The lowest BCUT2D eigenvalue weighted by Crippen LogP contribution is -2.43. The Labute approximate surface area is 240 Å². The molecule has 222 valence electrons. The topological polar surface area (TPSA) is 88.2 Å². The van der Waals surface area contributed by atoms with Crippen molar-refractivity contribution >= 4 is 22.5 Å². The molecule has 0 radical (unpaired) electrons. The second-order valence-corrected chi connectivity index (χ2v) is 11.5. The number of alkyl halides is 3. The molecule has 2 aromatic heterocycles.